The highest BCUT2D eigenvalue weighted by Gasteiger charge is 2.08. The Morgan fingerprint density at radius 1 is 0.852 bits per heavy atom. The average molecular weight is 469 g/mol. The van der Waals surface area contributed by atoms with Crippen LogP contribution in [0, 0.1) is 3.57 Å². The lowest BCUT2D eigenvalue weighted by Gasteiger charge is -2.20. The average Bonchev–Trinajstić information content (AvgIpc) is 2.71. The first kappa shape index (κ1) is 19.6. The molecule has 3 aromatic rings. The Labute approximate surface area is 176 Å². The standard InChI is InChI=1S/C24H26IN2/c1-3-26(4-2)24-16-11-20(12-17-24)10-15-23-7-5-6-18-27(23)19-21-8-13-22(25)14-9-21/h5-18H,3-4,19H2,1-2H3/q+1. The molecule has 2 nitrogen and oxygen atoms in total. The van der Waals surface area contributed by atoms with E-state index < -0.39 is 0 Å². The van der Waals surface area contributed by atoms with E-state index >= 15 is 0 Å². The second-order valence-corrected chi connectivity index (χ2v) is 7.72. The van der Waals surface area contributed by atoms with Gasteiger partial charge in [-0.15, -0.1) is 0 Å². The first-order valence-corrected chi connectivity index (χ1v) is 10.5. The molecule has 0 saturated carbocycles. The quantitative estimate of drug-likeness (QED) is 0.321. The molecular formula is C24H26IN2+. The van der Waals surface area contributed by atoms with Gasteiger partial charge >= 0.3 is 0 Å². The van der Waals surface area contributed by atoms with Crippen molar-refractivity contribution in [2.24, 2.45) is 0 Å². The number of benzene rings is 2. The molecule has 3 rings (SSSR count). The van der Waals surface area contributed by atoms with E-state index in [2.05, 4.69) is 131 Å². The molecule has 0 spiro atoms. The van der Waals surface area contributed by atoms with E-state index in [4.69, 9.17) is 0 Å². The van der Waals surface area contributed by atoms with Crippen LogP contribution < -0.4 is 9.47 Å². The molecule has 0 radical (unpaired) electrons. The van der Waals surface area contributed by atoms with Gasteiger partial charge in [-0.2, -0.15) is 4.57 Å². The van der Waals surface area contributed by atoms with E-state index in [-0.39, 0.29) is 0 Å². The van der Waals surface area contributed by atoms with Crippen molar-refractivity contribution in [1.82, 2.24) is 0 Å². The predicted octanol–water partition coefficient (Wildman–Crippen LogP) is 5.64. The highest BCUT2D eigenvalue weighted by molar-refractivity contribution is 14.1. The van der Waals surface area contributed by atoms with Gasteiger partial charge in [-0.05, 0) is 78.4 Å². The van der Waals surface area contributed by atoms with Crippen LogP contribution in [-0.2, 0) is 6.54 Å². The van der Waals surface area contributed by atoms with Gasteiger partial charge in [-0.1, -0.05) is 24.3 Å². The van der Waals surface area contributed by atoms with Crippen LogP contribution in [0.15, 0.2) is 72.9 Å². The minimum absolute atomic E-state index is 0.873. The summed E-state index contributed by atoms with van der Waals surface area (Å²) in [6.45, 7) is 7.33. The monoisotopic (exact) mass is 469 g/mol. The summed E-state index contributed by atoms with van der Waals surface area (Å²) in [6, 6.07) is 23.8. The highest BCUT2D eigenvalue weighted by Crippen LogP contribution is 2.16. The highest BCUT2D eigenvalue weighted by atomic mass is 127. The summed E-state index contributed by atoms with van der Waals surface area (Å²) >= 11 is 2.34. The molecule has 138 valence electrons. The fourth-order valence-electron chi connectivity index (χ4n) is 3.14. The second kappa shape index (κ2) is 9.70. The first-order chi connectivity index (χ1) is 13.2. The Morgan fingerprint density at radius 3 is 2.22 bits per heavy atom. The summed E-state index contributed by atoms with van der Waals surface area (Å²) in [5.41, 5.74) is 5.01. The smallest absolute Gasteiger partial charge is 0.205 e. The van der Waals surface area contributed by atoms with Crippen molar-refractivity contribution in [2.75, 3.05) is 18.0 Å². The number of halogens is 1. The lowest BCUT2D eigenvalue weighted by Crippen LogP contribution is -2.36. The normalized spacial score (nSPS) is 11.1. The molecule has 0 aliphatic carbocycles. The third-order valence-corrected chi connectivity index (χ3v) is 5.43. The Balaban J connectivity index is 1.76. The molecule has 0 amide bonds. The third-order valence-electron chi connectivity index (χ3n) is 4.71. The van der Waals surface area contributed by atoms with Crippen LogP contribution in [-0.4, -0.2) is 13.1 Å². The summed E-state index contributed by atoms with van der Waals surface area (Å²) < 4.78 is 3.55. The molecule has 0 N–H and O–H groups in total. The fraction of sp³-hybridized carbons (Fsp3) is 0.208. The largest absolute Gasteiger partial charge is 0.372 e. The molecule has 2 aromatic carbocycles. The van der Waals surface area contributed by atoms with Crippen LogP contribution in [0.2, 0.25) is 0 Å². The Kier molecular flexibility index (Phi) is 7.04. The van der Waals surface area contributed by atoms with Crippen molar-refractivity contribution in [2.45, 2.75) is 20.4 Å². The molecule has 1 heterocycles. The van der Waals surface area contributed by atoms with E-state index in [1.807, 2.05) is 0 Å². The maximum atomic E-state index is 2.36. The van der Waals surface area contributed by atoms with Gasteiger partial charge in [0.25, 0.3) is 0 Å². The topological polar surface area (TPSA) is 7.12 Å². The number of aromatic nitrogens is 1. The number of hydrogen-bond donors (Lipinski definition) is 0. The van der Waals surface area contributed by atoms with Gasteiger partial charge < -0.3 is 4.90 Å². The Hall–Kier alpha value is -2.14. The molecule has 1 aromatic heterocycles. The lowest BCUT2D eigenvalue weighted by atomic mass is 10.1. The van der Waals surface area contributed by atoms with E-state index in [9.17, 15) is 0 Å². The van der Waals surface area contributed by atoms with Crippen molar-refractivity contribution < 1.29 is 4.57 Å². The maximum absolute atomic E-state index is 2.36. The van der Waals surface area contributed by atoms with Gasteiger partial charge in [0.05, 0.1) is 0 Å². The minimum Gasteiger partial charge on any atom is -0.372 e. The van der Waals surface area contributed by atoms with E-state index in [1.54, 1.807) is 0 Å². The van der Waals surface area contributed by atoms with Gasteiger partial charge in [0.1, 0.15) is 0 Å². The summed E-state index contributed by atoms with van der Waals surface area (Å²) in [4.78, 5) is 2.36. The van der Waals surface area contributed by atoms with Crippen molar-refractivity contribution >= 4 is 40.4 Å². The summed E-state index contributed by atoms with van der Waals surface area (Å²) in [6.07, 6.45) is 6.52. The Morgan fingerprint density at radius 2 is 1.56 bits per heavy atom. The lowest BCUT2D eigenvalue weighted by molar-refractivity contribution is -0.690. The van der Waals surface area contributed by atoms with Gasteiger partial charge in [-0.3, -0.25) is 0 Å². The predicted molar refractivity (Wildman–Crippen MR) is 124 cm³/mol. The molecule has 0 unspecified atom stereocenters. The number of anilines is 1. The maximum Gasteiger partial charge on any atom is 0.205 e. The molecule has 0 bridgehead atoms. The molecule has 27 heavy (non-hydrogen) atoms. The van der Waals surface area contributed by atoms with Gasteiger partial charge in [0.2, 0.25) is 5.69 Å². The second-order valence-electron chi connectivity index (χ2n) is 6.48. The van der Waals surface area contributed by atoms with E-state index in [0.29, 0.717) is 0 Å². The van der Waals surface area contributed by atoms with Gasteiger partial charge in [-0.25, -0.2) is 0 Å². The molecule has 0 aliphatic heterocycles. The first-order valence-electron chi connectivity index (χ1n) is 9.45. The number of nitrogens with zero attached hydrogens (tertiary/aromatic N) is 2. The van der Waals surface area contributed by atoms with E-state index in [1.165, 1.54) is 26.1 Å². The van der Waals surface area contributed by atoms with Crippen LogP contribution in [0.3, 0.4) is 0 Å². The zero-order chi connectivity index (χ0) is 19.1. The SMILES string of the molecule is CCN(CC)c1ccc(/C=C/c2cccc[n+]2Cc2ccc(I)cc2)cc1. The van der Waals surface area contributed by atoms with Crippen LogP contribution >= 0.6 is 22.6 Å². The number of pyridine rings is 1. The third kappa shape index (κ3) is 5.42. The Bertz CT molecular complexity index is 879. The zero-order valence-corrected chi connectivity index (χ0v) is 18.1. The summed E-state index contributed by atoms with van der Waals surface area (Å²) in [5.74, 6) is 0. The van der Waals surface area contributed by atoms with Gasteiger partial charge in [0.15, 0.2) is 12.7 Å². The fourth-order valence-corrected chi connectivity index (χ4v) is 3.50. The summed E-state index contributed by atoms with van der Waals surface area (Å²) in [5, 5.41) is 0. The van der Waals surface area contributed by atoms with Crippen molar-refractivity contribution in [3.8, 4) is 0 Å². The molecule has 0 aliphatic rings. The van der Waals surface area contributed by atoms with Gasteiger partial charge in [0, 0.05) is 46.1 Å². The minimum atomic E-state index is 0.873. The van der Waals surface area contributed by atoms with Crippen molar-refractivity contribution in [3.05, 3.63) is 93.3 Å². The van der Waals surface area contributed by atoms with Crippen LogP contribution in [0.1, 0.15) is 30.7 Å². The van der Waals surface area contributed by atoms with Crippen molar-refractivity contribution in [3.63, 3.8) is 0 Å². The molecule has 0 atom stereocenters. The molecule has 3 heteroatoms. The van der Waals surface area contributed by atoms with Crippen LogP contribution in [0.5, 0.6) is 0 Å². The van der Waals surface area contributed by atoms with Crippen LogP contribution in [0.4, 0.5) is 5.69 Å². The van der Waals surface area contributed by atoms with Crippen molar-refractivity contribution in [1.29, 1.82) is 0 Å². The summed E-state index contributed by atoms with van der Waals surface area (Å²) in [7, 11) is 0. The molecular weight excluding hydrogens is 443 g/mol. The number of rotatable bonds is 7. The number of hydrogen-bond acceptors (Lipinski definition) is 1. The molecule has 0 fully saturated rings. The van der Waals surface area contributed by atoms with E-state index in [0.717, 1.165) is 19.6 Å². The zero-order valence-electron chi connectivity index (χ0n) is 16.0. The van der Waals surface area contributed by atoms with Crippen LogP contribution in [0.25, 0.3) is 12.2 Å². The molecule has 0 saturated heterocycles.